The normalized spacial score (nSPS) is 11.5. The van der Waals surface area contributed by atoms with Crippen LogP contribution >= 0.6 is 0 Å². The average Bonchev–Trinajstić information content (AvgIpc) is 3.53. The molecule has 6 aromatic rings. The Balaban J connectivity index is 1.24. The Morgan fingerprint density at radius 3 is 2.94 bits per heavy atom. The molecular weight excluding hydrogens is 390 g/mol. The van der Waals surface area contributed by atoms with Crippen LogP contribution in [0.2, 0.25) is 0 Å². The quantitative estimate of drug-likeness (QED) is 0.309. The van der Waals surface area contributed by atoms with Crippen LogP contribution < -0.4 is 10.6 Å². The summed E-state index contributed by atoms with van der Waals surface area (Å²) in [5.41, 5.74) is 4.85. The first-order valence-electron chi connectivity index (χ1n) is 10.1. The van der Waals surface area contributed by atoms with Crippen molar-refractivity contribution in [3.05, 3.63) is 72.8 Å². The van der Waals surface area contributed by atoms with E-state index in [9.17, 15) is 0 Å². The van der Waals surface area contributed by atoms with E-state index in [1.165, 1.54) is 10.9 Å². The number of nitrogens with zero attached hydrogens (tertiary/aromatic N) is 3. The van der Waals surface area contributed by atoms with Crippen LogP contribution in [0.1, 0.15) is 5.56 Å². The molecule has 0 saturated carbocycles. The highest BCUT2D eigenvalue weighted by Gasteiger charge is 2.11. The number of aromatic amines is 2. The lowest BCUT2D eigenvalue weighted by Crippen LogP contribution is -2.09. The van der Waals surface area contributed by atoms with Gasteiger partial charge in [0, 0.05) is 34.7 Å². The number of H-pyrrole nitrogens is 2. The molecule has 31 heavy (non-hydrogen) atoms. The summed E-state index contributed by atoms with van der Waals surface area (Å²) in [7, 11) is 0. The Bertz CT molecular complexity index is 1510. The maximum atomic E-state index is 5.55. The zero-order chi connectivity index (χ0) is 20.6. The molecule has 2 aromatic carbocycles. The highest BCUT2D eigenvalue weighted by molar-refractivity contribution is 5.90. The Morgan fingerprint density at radius 1 is 0.968 bits per heavy atom. The van der Waals surface area contributed by atoms with Crippen LogP contribution in [-0.4, -0.2) is 31.7 Å². The van der Waals surface area contributed by atoms with Gasteiger partial charge in [-0.15, -0.1) is 0 Å². The molecule has 6 rings (SSSR count). The van der Waals surface area contributed by atoms with Gasteiger partial charge in [-0.3, -0.25) is 5.10 Å². The third kappa shape index (κ3) is 3.24. The molecule has 4 N–H and O–H groups in total. The number of anilines is 3. The Morgan fingerprint density at radius 2 is 1.94 bits per heavy atom. The molecule has 0 amide bonds. The molecule has 8 nitrogen and oxygen atoms in total. The first-order chi connectivity index (χ1) is 15.3. The maximum Gasteiger partial charge on any atom is 0.232 e. The summed E-state index contributed by atoms with van der Waals surface area (Å²) in [4.78, 5) is 12.5. The van der Waals surface area contributed by atoms with Gasteiger partial charge < -0.3 is 20.0 Å². The van der Waals surface area contributed by atoms with Gasteiger partial charge in [-0.25, -0.2) is 0 Å². The Hall–Kier alpha value is -4.33. The van der Waals surface area contributed by atoms with Crippen LogP contribution in [0.25, 0.3) is 32.9 Å². The lowest BCUT2D eigenvalue weighted by Gasteiger charge is -2.10. The third-order valence-electron chi connectivity index (χ3n) is 5.38. The van der Waals surface area contributed by atoms with Crippen LogP contribution in [-0.2, 0) is 6.42 Å². The van der Waals surface area contributed by atoms with E-state index in [2.05, 4.69) is 55.2 Å². The van der Waals surface area contributed by atoms with Crippen molar-refractivity contribution in [3.63, 3.8) is 0 Å². The molecule has 0 bridgehead atoms. The lowest BCUT2D eigenvalue weighted by atomic mass is 10.1. The minimum atomic E-state index is 0.522. The van der Waals surface area contributed by atoms with Crippen molar-refractivity contribution in [3.8, 4) is 0 Å². The van der Waals surface area contributed by atoms with Crippen molar-refractivity contribution >= 4 is 50.4 Å². The standard InChI is InChI=1S/C23H19N7O/c1-2-4-20-17(3-1)14(12-25-20)7-9-24-23-28-21(18-8-10-31-22(18)29-23)27-16-5-6-19-15(11-16)13-26-30-19/h1-6,8,10-13,25H,7,9H2,(H,26,30)(H2,24,27,28,29). The SMILES string of the molecule is c1ccc2c(CCNc3nc(Nc4ccc5[nH]ncc5c4)c4ccoc4n3)c[nH]c2c1. The molecule has 0 spiro atoms. The van der Waals surface area contributed by atoms with E-state index in [0.29, 0.717) is 24.0 Å². The number of hydrogen-bond donors (Lipinski definition) is 4. The number of benzene rings is 2. The number of nitrogens with one attached hydrogen (secondary N) is 4. The van der Waals surface area contributed by atoms with Crippen LogP contribution in [0.15, 0.2) is 71.6 Å². The predicted molar refractivity (Wildman–Crippen MR) is 122 cm³/mol. The number of fused-ring (bicyclic) bond motifs is 3. The van der Waals surface area contributed by atoms with Gasteiger partial charge in [-0.2, -0.15) is 15.1 Å². The smallest absolute Gasteiger partial charge is 0.232 e. The summed E-state index contributed by atoms with van der Waals surface area (Å²) in [6.07, 6.45) is 6.33. The summed E-state index contributed by atoms with van der Waals surface area (Å²) in [5, 5.41) is 16.8. The summed E-state index contributed by atoms with van der Waals surface area (Å²) in [6.45, 7) is 0.703. The maximum absolute atomic E-state index is 5.55. The first-order valence-corrected chi connectivity index (χ1v) is 10.1. The van der Waals surface area contributed by atoms with Crippen LogP contribution in [0.3, 0.4) is 0 Å². The number of rotatable bonds is 6. The third-order valence-corrected chi connectivity index (χ3v) is 5.38. The molecule has 0 aliphatic rings. The second-order valence-electron chi connectivity index (χ2n) is 7.37. The summed E-state index contributed by atoms with van der Waals surface area (Å²) < 4.78 is 5.55. The monoisotopic (exact) mass is 409 g/mol. The topological polar surface area (TPSA) is 107 Å². The van der Waals surface area contributed by atoms with E-state index < -0.39 is 0 Å². The largest absolute Gasteiger partial charge is 0.446 e. The number of hydrogen-bond acceptors (Lipinski definition) is 6. The minimum Gasteiger partial charge on any atom is -0.446 e. The van der Waals surface area contributed by atoms with Gasteiger partial charge in [-0.1, -0.05) is 18.2 Å². The van der Waals surface area contributed by atoms with Gasteiger partial charge in [0.25, 0.3) is 0 Å². The van der Waals surface area contributed by atoms with Crippen molar-refractivity contribution in [1.29, 1.82) is 0 Å². The van der Waals surface area contributed by atoms with Crippen molar-refractivity contribution in [2.75, 3.05) is 17.2 Å². The highest BCUT2D eigenvalue weighted by Crippen LogP contribution is 2.27. The first kappa shape index (κ1) is 17.5. The fourth-order valence-electron chi connectivity index (χ4n) is 3.83. The molecule has 152 valence electrons. The van der Waals surface area contributed by atoms with Crippen molar-refractivity contribution in [2.24, 2.45) is 0 Å². The molecule has 4 aromatic heterocycles. The van der Waals surface area contributed by atoms with Crippen LogP contribution in [0.4, 0.5) is 17.5 Å². The average molecular weight is 409 g/mol. The fourth-order valence-corrected chi connectivity index (χ4v) is 3.83. The zero-order valence-electron chi connectivity index (χ0n) is 16.5. The van der Waals surface area contributed by atoms with Crippen molar-refractivity contribution < 1.29 is 4.42 Å². The predicted octanol–water partition coefficient (Wildman–Crippen LogP) is 4.98. The second kappa shape index (κ2) is 7.17. The molecule has 8 heteroatoms. The summed E-state index contributed by atoms with van der Waals surface area (Å²) in [6, 6.07) is 16.2. The van der Waals surface area contributed by atoms with E-state index in [0.717, 1.165) is 33.9 Å². The van der Waals surface area contributed by atoms with Crippen molar-refractivity contribution in [1.82, 2.24) is 25.1 Å². The van der Waals surface area contributed by atoms with Gasteiger partial charge in [0.15, 0.2) is 0 Å². The van der Waals surface area contributed by atoms with Crippen molar-refractivity contribution in [2.45, 2.75) is 6.42 Å². The molecule has 0 atom stereocenters. The minimum absolute atomic E-state index is 0.522. The van der Waals surface area contributed by atoms with E-state index in [4.69, 9.17) is 9.40 Å². The summed E-state index contributed by atoms with van der Waals surface area (Å²) in [5.74, 6) is 1.21. The number of aromatic nitrogens is 5. The van der Waals surface area contributed by atoms with Gasteiger partial charge in [-0.05, 0) is 42.3 Å². The van der Waals surface area contributed by atoms with Gasteiger partial charge in [0.2, 0.25) is 11.7 Å². The molecule has 4 heterocycles. The molecule has 0 aliphatic heterocycles. The molecule has 0 saturated heterocycles. The second-order valence-corrected chi connectivity index (χ2v) is 7.37. The molecule has 0 fully saturated rings. The lowest BCUT2D eigenvalue weighted by molar-refractivity contribution is 0.603. The van der Waals surface area contributed by atoms with Gasteiger partial charge in [0.05, 0.1) is 23.4 Å². The molecule has 0 aliphatic carbocycles. The highest BCUT2D eigenvalue weighted by atomic mass is 16.3. The molecular formula is C23H19N7O. The number of furan rings is 1. The van der Waals surface area contributed by atoms with Gasteiger partial charge in [0.1, 0.15) is 5.82 Å². The molecule has 0 unspecified atom stereocenters. The van der Waals surface area contributed by atoms with Crippen LogP contribution in [0.5, 0.6) is 0 Å². The van der Waals surface area contributed by atoms with E-state index >= 15 is 0 Å². The van der Waals surface area contributed by atoms with Gasteiger partial charge >= 0.3 is 0 Å². The number of para-hydroxylation sites is 1. The van der Waals surface area contributed by atoms with Crippen LogP contribution in [0, 0.1) is 0 Å². The zero-order valence-corrected chi connectivity index (χ0v) is 16.5. The molecule has 0 radical (unpaired) electrons. The van der Waals surface area contributed by atoms with E-state index in [1.54, 1.807) is 12.5 Å². The van der Waals surface area contributed by atoms with E-state index in [1.807, 2.05) is 30.3 Å². The Kier molecular flexibility index (Phi) is 4.05. The fraction of sp³-hybridized carbons (Fsp3) is 0.0870. The Labute approximate surface area is 176 Å². The summed E-state index contributed by atoms with van der Waals surface area (Å²) >= 11 is 0. The van der Waals surface area contributed by atoms with E-state index in [-0.39, 0.29) is 0 Å².